The molecule has 4 nitrogen and oxygen atoms in total. The van der Waals surface area contributed by atoms with E-state index < -0.39 is 0 Å². The maximum absolute atomic E-state index is 13.6. The van der Waals surface area contributed by atoms with E-state index in [0.29, 0.717) is 55.0 Å². The van der Waals surface area contributed by atoms with Crippen molar-refractivity contribution in [2.24, 2.45) is 52.3 Å². The number of halogens is 1. The normalized spacial score (nSPS) is 39.1. The summed E-state index contributed by atoms with van der Waals surface area (Å²) in [7, 11) is 0. The highest BCUT2D eigenvalue weighted by molar-refractivity contribution is 7.16. The summed E-state index contributed by atoms with van der Waals surface area (Å²) >= 11 is 7.72. The van der Waals surface area contributed by atoms with E-state index in [1.54, 1.807) is 11.3 Å². The minimum Gasteiger partial charge on any atom is -0.348 e. The van der Waals surface area contributed by atoms with Gasteiger partial charge in [-0.1, -0.05) is 46.2 Å². The Balaban J connectivity index is 1.28. The van der Waals surface area contributed by atoms with E-state index in [0.717, 1.165) is 41.3 Å². The van der Waals surface area contributed by atoms with Gasteiger partial charge in [0.05, 0.1) is 10.4 Å². The molecule has 4 saturated carbocycles. The Morgan fingerprint density at radius 2 is 1.78 bits per heavy atom. The molecule has 1 N–H and O–H groups in total. The number of fused-ring (bicyclic) bond motifs is 5. The standard InChI is InChI=1S/C31H44ClNO3S/c1-17(2)29(25-8-9-26(32)37-25)33-27(36)14-18(3)21-6-7-22-28-23(11-13-31(21,22)5)30(4)12-10-20(34)15-19(30)16-24(28)35/h8-9,17-19,21-23,28-29H,6-7,10-16H2,1-5H3,(H,33,36)/t18-,19+,21?,22+,23+,28+,29?,30+,31-/m1/s1. The second kappa shape index (κ2) is 10.1. The van der Waals surface area contributed by atoms with Crippen LogP contribution < -0.4 is 5.32 Å². The number of carbonyl (C=O) groups excluding carboxylic acids is 3. The maximum Gasteiger partial charge on any atom is 0.220 e. The zero-order valence-electron chi connectivity index (χ0n) is 23.1. The summed E-state index contributed by atoms with van der Waals surface area (Å²) < 4.78 is 0.751. The topological polar surface area (TPSA) is 63.2 Å². The highest BCUT2D eigenvalue weighted by atomic mass is 35.5. The number of hydrogen-bond acceptors (Lipinski definition) is 4. The van der Waals surface area contributed by atoms with Gasteiger partial charge in [-0.25, -0.2) is 0 Å². The summed E-state index contributed by atoms with van der Waals surface area (Å²) in [6.45, 7) is 11.3. The third kappa shape index (κ3) is 4.75. The fourth-order valence-electron chi connectivity index (χ4n) is 9.43. The van der Waals surface area contributed by atoms with Gasteiger partial charge < -0.3 is 5.32 Å². The Morgan fingerprint density at radius 3 is 2.46 bits per heavy atom. The molecule has 204 valence electrons. The first-order chi connectivity index (χ1) is 17.4. The van der Waals surface area contributed by atoms with Gasteiger partial charge in [-0.3, -0.25) is 14.4 Å². The molecule has 1 aromatic heterocycles. The van der Waals surface area contributed by atoms with Crippen LogP contribution in [0.25, 0.3) is 0 Å². The van der Waals surface area contributed by atoms with Crippen molar-refractivity contribution >= 4 is 40.4 Å². The average molecular weight is 546 g/mol. The van der Waals surface area contributed by atoms with E-state index in [1.807, 2.05) is 12.1 Å². The summed E-state index contributed by atoms with van der Waals surface area (Å²) in [5, 5.41) is 3.31. The maximum atomic E-state index is 13.6. The Morgan fingerprint density at radius 1 is 1.05 bits per heavy atom. The first-order valence-corrected chi connectivity index (χ1v) is 15.7. The fraction of sp³-hybridized carbons (Fsp3) is 0.774. The lowest BCUT2D eigenvalue weighted by atomic mass is 9.44. The molecule has 1 amide bonds. The minimum atomic E-state index is -0.0181. The fourth-order valence-corrected chi connectivity index (χ4v) is 10.7. The van der Waals surface area contributed by atoms with E-state index in [4.69, 9.17) is 11.6 Å². The summed E-state index contributed by atoms with van der Waals surface area (Å²) in [6.07, 6.45) is 7.83. The first-order valence-electron chi connectivity index (χ1n) is 14.5. The lowest BCUT2D eigenvalue weighted by Crippen LogP contribution is -2.57. The number of ketones is 2. The number of hydrogen-bond donors (Lipinski definition) is 1. The number of Topliss-reactive ketones (excluding diaryl/α,β-unsaturated/α-hetero) is 2. The molecule has 2 unspecified atom stereocenters. The number of rotatable bonds is 6. The SMILES string of the molecule is CC(C)C(NC(=O)C[C@@H](C)C1CC[C@H]2[C@@H]3C(=O)C[C@@H]4CC(=O)CC[C@]4(C)[C@H]3CC[C@]12C)c1ccc(Cl)s1. The molecule has 0 saturated heterocycles. The zero-order chi connectivity index (χ0) is 26.7. The van der Waals surface area contributed by atoms with Crippen LogP contribution >= 0.6 is 22.9 Å². The van der Waals surface area contributed by atoms with E-state index in [1.165, 1.54) is 0 Å². The Kier molecular flexibility index (Phi) is 7.46. The summed E-state index contributed by atoms with van der Waals surface area (Å²) in [4.78, 5) is 40.2. The molecule has 4 aliphatic carbocycles. The van der Waals surface area contributed by atoms with Crippen LogP contribution in [-0.4, -0.2) is 17.5 Å². The van der Waals surface area contributed by atoms with Crippen LogP contribution in [0.5, 0.6) is 0 Å². The highest BCUT2D eigenvalue weighted by Crippen LogP contribution is 2.67. The second-order valence-corrected chi connectivity index (χ2v) is 15.4. The lowest BCUT2D eigenvalue weighted by Gasteiger charge is -2.59. The van der Waals surface area contributed by atoms with Gasteiger partial charge in [0.15, 0.2) is 0 Å². The average Bonchev–Trinajstić information content (AvgIpc) is 3.41. The minimum absolute atomic E-state index is 0.0181. The molecule has 0 radical (unpaired) electrons. The highest BCUT2D eigenvalue weighted by Gasteiger charge is 2.63. The van der Waals surface area contributed by atoms with Gasteiger partial charge >= 0.3 is 0 Å². The third-order valence-corrected chi connectivity index (χ3v) is 12.8. The van der Waals surface area contributed by atoms with Crippen molar-refractivity contribution in [3.8, 4) is 0 Å². The molecule has 0 aromatic carbocycles. The predicted molar refractivity (Wildman–Crippen MR) is 149 cm³/mol. The largest absolute Gasteiger partial charge is 0.348 e. The van der Waals surface area contributed by atoms with E-state index in [2.05, 4.69) is 39.9 Å². The van der Waals surface area contributed by atoms with Crippen molar-refractivity contribution in [1.82, 2.24) is 5.32 Å². The molecule has 9 atom stereocenters. The van der Waals surface area contributed by atoms with Crippen LogP contribution in [0.2, 0.25) is 4.34 Å². The second-order valence-electron chi connectivity index (χ2n) is 13.7. The van der Waals surface area contributed by atoms with Crippen molar-refractivity contribution in [3.63, 3.8) is 0 Å². The van der Waals surface area contributed by atoms with Crippen LogP contribution in [0.4, 0.5) is 0 Å². The molecule has 5 rings (SSSR count). The summed E-state index contributed by atoms with van der Waals surface area (Å²) in [5.41, 5.74) is 0.247. The third-order valence-electron chi connectivity index (χ3n) is 11.4. The van der Waals surface area contributed by atoms with Gasteiger partial charge in [0, 0.05) is 36.5 Å². The summed E-state index contributed by atoms with van der Waals surface area (Å²) in [6, 6.07) is 3.91. The number of amides is 1. The molecule has 1 heterocycles. The Bertz CT molecular complexity index is 1070. The smallest absolute Gasteiger partial charge is 0.220 e. The number of thiophene rings is 1. The Labute approximate surface area is 231 Å². The van der Waals surface area contributed by atoms with Gasteiger partial charge in [-0.2, -0.15) is 0 Å². The molecule has 0 aliphatic heterocycles. The van der Waals surface area contributed by atoms with Crippen molar-refractivity contribution in [1.29, 1.82) is 0 Å². The summed E-state index contributed by atoms with van der Waals surface area (Å²) in [5.74, 6) is 3.16. The first kappa shape index (κ1) is 27.4. The quantitative estimate of drug-likeness (QED) is 0.399. The Hall–Kier alpha value is -1.20. The van der Waals surface area contributed by atoms with Crippen LogP contribution in [0.1, 0.15) is 103 Å². The molecule has 6 heteroatoms. The van der Waals surface area contributed by atoms with Gasteiger partial charge in [-0.05, 0) is 90.6 Å². The molecule has 4 fully saturated rings. The van der Waals surface area contributed by atoms with E-state index in [-0.39, 0.29) is 46.5 Å². The molecule has 0 spiro atoms. The van der Waals surface area contributed by atoms with E-state index in [9.17, 15) is 14.4 Å². The molecule has 4 aliphatic rings. The molecule has 1 aromatic rings. The monoisotopic (exact) mass is 545 g/mol. The zero-order valence-corrected chi connectivity index (χ0v) is 24.7. The molecular formula is C31H44ClNO3S. The van der Waals surface area contributed by atoms with Crippen molar-refractivity contribution in [2.45, 2.75) is 98.4 Å². The predicted octanol–water partition coefficient (Wildman–Crippen LogP) is 7.65. The van der Waals surface area contributed by atoms with E-state index >= 15 is 0 Å². The van der Waals surface area contributed by atoms with Crippen LogP contribution in [0.15, 0.2) is 12.1 Å². The van der Waals surface area contributed by atoms with Gasteiger partial charge in [0.2, 0.25) is 5.91 Å². The van der Waals surface area contributed by atoms with Crippen LogP contribution in [0.3, 0.4) is 0 Å². The van der Waals surface area contributed by atoms with Crippen LogP contribution in [-0.2, 0) is 14.4 Å². The van der Waals surface area contributed by atoms with Gasteiger partial charge in [0.25, 0.3) is 0 Å². The number of nitrogens with one attached hydrogen (secondary N) is 1. The molecule has 0 bridgehead atoms. The van der Waals surface area contributed by atoms with Crippen LogP contribution in [0, 0.1) is 52.3 Å². The van der Waals surface area contributed by atoms with Crippen molar-refractivity contribution < 1.29 is 14.4 Å². The number of carbonyl (C=O) groups is 3. The molecular weight excluding hydrogens is 502 g/mol. The van der Waals surface area contributed by atoms with Crippen molar-refractivity contribution in [2.75, 3.05) is 0 Å². The van der Waals surface area contributed by atoms with Gasteiger partial charge in [-0.15, -0.1) is 11.3 Å². The molecule has 37 heavy (non-hydrogen) atoms. The lowest BCUT2D eigenvalue weighted by molar-refractivity contribution is -0.159. The van der Waals surface area contributed by atoms with Crippen molar-refractivity contribution in [3.05, 3.63) is 21.3 Å². The van der Waals surface area contributed by atoms with Gasteiger partial charge in [0.1, 0.15) is 11.6 Å².